The average molecular weight is 342 g/mol. The SMILES string of the molecule is CCOC(=O)C(Oc1ccc(C(C)C(=O)OC)cc1)c1ccccc1. The maximum Gasteiger partial charge on any atom is 0.352 e. The van der Waals surface area contributed by atoms with E-state index in [1.54, 1.807) is 38.1 Å². The van der Waals surface area contributed by atoms with Crippen LogP contribution in [0.3, 0.4) is 0 Å². The number of carbonyl (C=O) groups excluding carboxylic acids is 2. The Kier molecular flexibility index (Phi) is 6.57. The van der Waals surface area contributed by atoms with E-state index in [0.29, 0.717) is 11.3 Å². The van der Waals surface area contributed by atoms with Crippen LogP contribution in [0.25, 0.3) is 0 Å². The lowest BCUT2D eigenvalue weighted by molar-refractivity contribution is -0.151. The minimum Gasteiger partial charge on any atom is -0.474 e. The summed E-state index contributed by atoms with van der Waals surface area (Å²) in [5, 5.41) is 0. The van der Waals surface area contributed by atoms with Gasteiger partial charge in [-0.3, -0.25) is 4.79 Å². The Morgan fingerprint density at radius 2 is 1.56 bits per heavy atom. The fraction of sp³-hybridized carbons (Fsp3) is 0.300. The minimum atomic E-state index is -0.843. The summed E-state index contributed by atoms with van der Waals surface area (Å²) in [6.07, 6.45) is -0.843. The molecule has 0 saturated heterocycles. The molecule has 25 heavy (non-hydrogen) atoms. The van der Waals surface area contributed by atoms with Crippen LogP contribution in [0.4, 0.5) is 0 Å². The third kappa shape index (κ3) is 4.83. The zero-order valence-corrected chi connectivity index (χ0v) is 14.6. The summed E-state index contributed by atoms with van der Waals surface area (Å²) in [5.41, 5.74) is 1.53. The maximum absolute atomic E-state index is 12.2. The highest BCUT2D eigenvalue weighted by atomic mass is 16.6. The Morgan fingerprint density at radius 1 is 0.920 bits per heavy atom. The lowest BCUT2D eigenvalue weighted by Crippen LogP contribution is -2.21. The van der Waals surface area contributed by atoms with Gasteiger partial charge in [-0.2, -0.15) is 0 Å². The van der Waals surface area contributed by atoms with Crippen molar-refractivity contribution in [3.8, 4) is 5.75 Å². The van der Waals surface area contributed by atoms with Crippen molar-refractivity contribution >= 4 is 11.9 Å². The molecule has 0 radical (unpaired) electrons. The van der Waals surface area contributed by atoms with E-state index in [1.807, 2.05) is 30.3 Å². The minimum absolute atomic E-state index is 0.279. The van der Waals surface area contributed by atoms with Gasteiger partial charge in [-0.1, -0.05) is 42.5 Å². The van der Waals surface area contributed by atoms with Gasteiger partial charge in [0.15, 0.2) is 0 Å². The second kappa shape index (κ2) is 8.87. The summed E-state index contributed by atoms with van der Waals surface area (Å²) >= 11 is 0. The number of esters is 2. The van der Waals surface area contributed by atoms with Gasteiger partial charge in [0, 0.05) is 5.56 Å². The standard InChI is InChI=1S/C20H22O5/c1-4-24-20(22)18(16-8-6-5-7-9-16)25-17-12-10-15(11-13-17)14(2)19(21)23-3/h5-14,18H,4H2,1-3H3. The van der Waals surface area contributed by atoms with E-state index in [2.05, 4.69) is 0 Å². The summed E-state index contributed by atoms with van der Waals surface area (Å²) in [6, 6.07) is 16.2. The van der Waals surface area contributed by atoms with E-state index in [0.717, 1.165) is 5.56 Å². The van der Waals surface area contributed by atoms with Crippen LogP contribution in [-0.2, 0) is 19.1 Å². The number of hydrogen-bond acceptors (Lipinski definition) is 5. The number of hydrogen-bond donors (Lipinski definition) is 0. The highest BCUT2D eigenvalue weighted by molar-refractivity contribution is 5.78. The molecular formula is C20H22O5. The molecule has 2 rings (SSSR count). The Morgan fingerprint density at radius 3 is 2.12 bits per heavy atom. The van der Waals surface area contributed by atoms with Gasteiger partial charge in [0.2, 0.25) is 6.10 Å². The van der Waals surface area contributed by atoms with E-state index in [-0.39, 0.29) is 18.5 Å². The van der Waals surface area contributed by atoms with Gasteiger partial charge in [-0.15, -0.1) is 0 Å². The lowest BCUT2D eigenvalue weighted by atomic mass is 10.0. The highest BCUT2D eigenvalue weighted by Gasteiger charge is 2.24. The van der Waals surface area contributed by atoms with E-state index in [9.17, 15) is 9.59 Å². The molecule has 132 valence electrons. The Labute approximate surface area is 147 Å². The highest BCUT2D eigenvalue weighted by Crippen LogP contribution is 2.26. The molecule has 0 aliphatic heterocycles. The second-order valence-corrected chi connectivity index (χ2v) is 5.47. The van der Waals surface area contributed by atoms with Gasteiger partial charge in [-0.05, 0) is 31.5 Å². The first-order valence-electron chi connectivity index (χ1n) is 8.12. The number of methoxy groups -OCH3 is 1. The molecule has 2 unspecified atom stereocenters. The number of ether oxygens (including phenoxy) is 3. The first-order valence-corrected chi connectivity index (χ1v) is 8.12. The molecule has 5 heteroatoms. The van der Waals surface area contributed by atoms with E-state index in [4.69, 9.17) is 14.2 Å². The van der Waals surface area contributed by atoms with Crippen LogP contribution in [0.1, 0.15) is 37.0 Å². The number of carbonyl (C=O) groups is 2. The number of benzene rings is 2. The van der Waals surface area contributed by atoms with Crippen LogP contribution in [-0.4, -0.2) is 25.7 Å². The lowest BCUT2D eigenvalue weighted by Gasteiger charge is -2.18. The molecule has 0 saturated carbocycles. The van der Waals surface area contributed by atoms with Crippen molar-refractivity contribution in [1.29, 1.82) is 0 Å². The molecule has 0 bridgehead atoms. The van der Waals surface area contributed by atoms with Crippen molar-refractivity contribution in [2.75, 3.05) is 13.7 Å². The molecule has 2 aromatic carbocycles. The Balaban J connectivity index is 2.18. The van der Waals surface area contributed by atoms with E-state index >= 15 is 0 Å². The summed E-state index contributed by atoms with van der Waals surface area (Å²) in [6.45, 7) is 3.80. The predicted molar refractivity (Wildman–Crippen MR) is 93.3 cm³/mol. The third-order valence-electron chi connectivity index (χ3n) is 3.79. The molecule has 2 aromatic rings. The smallest absolute Gasteiger partial charge is 0.352 e. The summed E-state index contributed by atoms with van der Waals surface area (Å²) in [7, 11) is 1.36. The maximum atomic E-state index is 12.2. The van der Waals surface area contributed by atoms with E-state index < -0.39 is 12.1 Å². The van der Waals surface area contributed by atoms with Crippen LogP contribution in [0.5, 0.6) is 5.75 Å². The van der Waals surface area contributed by atoms with Crippen molar-refractivity contribution in [3.05, 3.63) is 65.7 Å². The van der Waals surface area contributed by atoms with Crippen molar-refractivity contribution in [2.24, 2.45) is 0 Å². The first kappa shape index (κ1) is 18.5. The summed E-state index contributed by atoms with van der Waals surface area (Å²) < 4.78 is 15.7. The van der Waals surface area contributed by atoms with Gasteiger partial charge in [0.25, 0.3) is 0 Å². The van der Waals surface area contributed by atoms with Crippen molar-refractivity contribution < 1.29 is 23.8 Å². The van der Waals surface area contributed by atoms with Crippen LogP contribution < -0.4 is 4.74 Å². The zero-order chi connectivity index (χ0) is 18.2. The van der Waals surface area contributed by atoms with E-state index in [1.165, 1.54) is 7.11 Å². The second-order valence-electron chi connectivity index (χ2n) is 5.47. The van der Waals surface area contributed by atoms with Gasteiger partial charge in [0.1, 0.15) is 5.75 Å². The average Bonchev–Trinajstić information content (AvgIpc) is 2.66. The zero-order valence-electron chi connectivity index (χ0n) is 14.6. The largest absolute Gasteiger partial charge is 0.474 e. The molecule has 0 aromatic heterocycles. The van der Waals surface area contributed by atoms with Crippen LogP contribution in [0.15, 0.2) is 54.6 Å². The van der Waals surface area contributed by atoms with Gasteiger partial charge < -0.3 is 14.2 Å². The Hall–Kier alpha value is -2.82. The fourth-order valence-electron chi connectivity index (χ4n) is 2.38. The molecule has 0 spiro atoms. The molecule has 0 aliphatic carbocycles. The van der Waals surface area contributed by atoms with Crippen LogP contribution in [0.2, 0.25) is 0 Å². The molecule has 0 aliphatic rings. The predicted octanol–water partition coefficient (Wildman–Crippen LogP) is 3.65. The molecule has 0 heterocycles. The molecule has 0 fully saturated rings. The topological polar surface area (TPSA) is 61.8 Å². The first-order chi connectivity index (χ1) is 12.1. The third-order valence-corrected chi connectivity index (χ3v) is 3.79. The fourth-order valence-corrected chi connectivity index (χ4v) is 2.38. The quantitative estimate of drug-likeness (QED) is 0.719. The number of rotatable bonds is 7. The summed E-state index contributed by atoms with van der Waals surface area (Å²) in [5.74, 6) is -0.597. The molecule has 2 atom stereocenters. The van der Waals surface area contributed by atoms with Gasteiger partial charge >= 0.3 is 11.9 Å². The summed E-state index contributed by atoms with van der Waals surface area (Å²) in [4.78, 5) is 23.8. The molecule has 0 N–H and O–H groups in total. The van der Waals surface area contributed by atoms with Crippen molar-refractivity contribution in [2.45, 2.75) is 25.9 Å². The van der Waals surface area contributed by atoms with Gasteiger partial charge in [0.05, 0.1) is 19.6 Å². The molecule has 5 nitrogen and oxygen atoms in total. The van der Waals surface area contributed by atoms with Crippen molar-refractivity contribution in [3.63, 3.8) is 0 Å². The molecule has 0 amide bonds. The Bertz CT molecular complexity index is 694. The normalized spacial score (nSPS) is 12.8. The van der Waals surface area contributed by atoms with Crippen LogP contribution in [0, 0.1) is 0 Å². The van der Waals surface area contributed by atoms with Gasteiger partial charge in [-0.25, -0.2) is 4.79 Å². The van der Waals surface area contributed by atoms with Crippen molar-refractivity contribution in [1.82, 2.24) is 0 Å². The monoisotopic (exact) mass is 342 g/mol. The van der Waals surface area contributed by atoms with Crippen LogP contribution >= 0.6 is 0 Å². The molecular weight excluding hydrogens is 320 g/mol.